The van der Waals surface area contributed by atoms with E-state index in [0.29, 0.717) is 22.9 Å². The summed E-state index contributed by atoms with van der Waals surface area (Å²) in [5.41, 5.74) is 1.40. The number of anilines is 1. The number of carbonyl (C=O) groups is 1. The summed E-state index contributed by atoms with van der Waals surface area (Å²) in [4.78, 5) is 16.4. The molecule has 6 heteroatoms. The number of hydrogen-bond donors (Lipinski definition) is 1. The molecule has 0 aliphatic rings. The highest BCUT2D eigenvalue weighted by atomic mass is 16.5. The molecule has 0 saturated carbocycles. The van der Waals surface area contributed by atoms with Crippen molar-refractivity contribution >= 4 is 22.5 Å². The predicted octanol–water partition coefficient (Wildman–Crippen LogP) is 3.27. The van der Waals surface area contributed by atoms with Crippen LogP contribution in [0.2, 0.25) is 0 Å². The fourth-order valence-electron chi connectivity index (χ4n) is 2.39. The second kappa shape index (κ2) is 7.53. The van der Waals surface area contributed by atoms with Crippen LogP contribution in [-0.2, 0) is 4.79 Å². The predicted molar refractivity (Wildman–Crippen MR) is 95.4 cm³/mol. The van der Waals surface area contributed by atoms with Gasteiger partial charge in [0.15, 0.2) is 6.61 Å². The number of carbonyl (C=O) groups excluding carboxylic acids is 1. The van der Waals surface area contributed by atoms with E-state index in [0.717, 1.165) is 10.9 Å². The van der Waals surface area contributed by atoms with Gasteiger partial charge in [0.25, 0.3) is 5.91 Å². The molecule has 25 heavy (non-hydrogen) atoms. The molecule has 0 spiro atoms. The van der Waals surface area contributed by atoms with Crippen molar-refractivity contribution in [2.75, 3.05) is 26.1 Å². The van der Waals surface area contributed by atoms with E-state index < -0.39 is 0 Å². The summed E-state index contributed by atoms with van der Waals surface area (Å²) in [5, 5.41) is 3.72. The van der Waals surface area contributed by atoms with Crippen molar-refractivity contribution in [2.24, 2.45) is 0 Å². The zero-order valence-electron chi connectivity index (χ0n) is 14.0. The van der Waals surface area contributed by atoms with Gasteiger partial charge in [0, 0.05) is 17.6 Å². The number of nitrogens with one attached hydrogen (secondary N) is 1. The van der Waals surface area contributed by atoms with Crippen LogP contribution < -0.4 is 19.5 Å². The van der Waals surface area contributed by atoms with Crippen molar-refractivity contribution in [3.05, 3.63) is 54.7 Å². The third-order valence-corrected chi connectivity index (χ3v) is 3.63. The number of amides is 1. The first-order valence-corrected chi connectivity index (χ1v) is 7.69. The van der Waals surface area contributed by atoms with E-state index in [-0.39, 0.29) is 12.5 Å². The molecule has 1 N–H and O–H groups in total. The number of hydrogen-bond acceptors (Lipinski definition) is 5. The summed E-state index contributed by atoms with van der Waals surface area (Å²) in [5.74, 6) is 1.48. The lowest BCUT2D eigenvalue weighted by atomic mass is 10.2. The molecule has 128 valence electrons. The van der Waals surface area contributed by atoms with E-state index in [1.54, 1.807) is 37.6 Å². The van der Waals surface area contributed by atoms with Crippen molar-refractivity contribution in [1.29, 1.82) is 0 Å². The van der Waals surface area contributed by atoms with Crippen LogP contribution in [0.1, 0.15) is 0 Å². The third kappa shape index (κ3) is 3.98. The first kappa shape index (κ1) is 16.6. The van der Waals surface area contributed by atoms with E-state index in [1.807, 2.05) is 24.3 Å². The minimum atomic E-state index is -0.294. The molecule has 0 aliphatic carbocycles. The smallest absolute Gasteiger partial charge is 0.262 e. The van der Waals surface area contributed by atoms with E-state index >= 15 is 0 Å². The summed E-state index contributed by atoms with van der Waals surface area (Å²) >= 11 is 0. The number of fused-ring (bicyclic) bond motifs is 1. The fourth-order valence-corrected chi connectivity index (χ4v) is 2.39. The highest BCUT2D eigenvalue weighted by Crippen LogP contribution is 2.28. The van der Waals surface area contributed by atoms with E-state index in [9.17, 15) is 4.79 Å². The van der Waals surface area contributed by atoms with E-state index in [2.05, 4.69) is 10.3 Å². The maximum Gasteiger partial charge on any atom is 0.262 e. The van der Waals surface area contributed by atoms with Gasteiger partial charge in [-0.2, -0.15) is 0 Å². The summed E-state index contributed by atoms with van der Waals surface area (Å²) in [6.07, 6.45) is 1.73. The van der Waals surface area contributed by atoms with Crippen molar-refractivity contribution in [3.63, 3.8) is 0 Å². The summed E-state index contributed by atoms with van der Waals surface area (Å²) in [6.45, 7) is -0.119. The molecule has 0 unspecified atom stereocenters. The number of nitrogens with zero attached hydrogens (tertiary/aromatic N) is 1. The highest BCUT2D eigenvalue weighted by Gasteiger charge is 2.10. The highest BCUT2D eigenvalue weighted by molar-refractivity contribution is 5.93. The lowest BCUT2D eigenvalue weighted by Crippen LogP contribution is -2.20. The molecule has 0 fully saturated rings. The third-order valence-electron chi connectivity index (χ3n) is 3.63. The van der Waals surface area contributed by atoms with Gasteiger partial charge < -0.3 is 19.5 Å². The Morgan fingerprint density at radius 2 is 1.88 bits per heavy atom. The lowest BCUT2D eigenvalue weighted by Gasteiger charge is -2.12. The van der Waals surface area contributed by atoms with Crippen LogP contribution in [0.4, 0.5) is 5.69 Å². The van der Waals surface area contributed by atoms with Crippen molar-refractivity contribution in [2.45, 2.75) is 0 Å². The van der Waals surface area contributed by atoms with Gasteiger partial charge in [-0.15, -0.1) is 0 Å². The molecular formula is C19H18N2O4. The van der Waals surface area contributed by atoms with Gasteiger partial charge in [0.2, 0.25) is 0 Å². The van der Waals surface area contributed by atoms with E-state index in [4.69, 9.17) is 14.2 Å². The quantitative estimate of drug-likeness (QED) is 0.747. The van der Waals surface area contributed by atoms with Crippen molar-refractivity contribution in [1.82, 2.24) is 4.98 Å². The monoisotopic (exact) mass is 338 g/mol. The Balaban J connectivity index is 1.66. The van der Waals surface area contributed by atoms with Crippen LogP contribution >= 0.6 is 0 Å². The second-order valence-electron chi connectivity index (χ2n) is 5.26. The Hall–Kier alpha value is -3.28. The Bertz CT molecular complexity index is 895. The molecule has 0 aliphatic heterocycles. The second-order valence-corrected chi connectivity index (χ2v) is 5.26. The Morgan fingerprint density at radius 1 is 1.04 bits per heavy atom. The van der Waals surface area contributed by atoms with Gasteiger partial charge in [-0.1, -0.05) is 6.07 Å². The number of aromatic nitrogens is 1. The van der Waals surface area contributed by atoms with Crippen LogP contribution in [0.3, 0.4) is 0 Å². The number of rotatable bonds is 6. The zero-order valence-corrected chi connectivity index (χ0v) is 14.0. The average Bonchev–Trinajstić information content (AvgIpc) is 2.66. The van der Waals surface area contributed by atoms with Crippen LogP contribution in [0.25, 0.3) is 10.9 Å². The fraction of sp³-hybridized carbons (Fsp3) is 0.158. The van der Waals surface area contributed by atoms with Crippen molar-refractivity contribution < 1.29 is 19.0 Å². The van der Waals surface area contributed by atoms with Gasteiger partial charge in [-0.3, -0.25) is 9.78 Å². The normalized spacial score (nSPS) is 10.3. The van der Waals surface area contributed by atoms with E-state index in [1.165, 1.54) is 7.11 Å². The summed E-state index contributed by atoms with van der Waals surface area (Å²) < 4.78 is 16.0. The molecular weight excluding hydrogens is 320 g/mol. The maximum absolute atomic E-state index is 12.2. The number of benzene rings is 2. The molecule has 0 bridgehead atoms. The van der Waals surface area contributed by atoms with Crippen LogP contribution in [-0.4, -0.2) is 31.7 Å². The first-order valence-electron chi connectivity index (χ1n) is 7.69. The Morgan fingerprint density at radius 3 is 2.68 bits per heavy atom. The van der Waals surface area contributed by atoms with Gasteiger partial charge in [0.1, 0.15) is 17.2 Å². The van der Waals surface area contributed by atoms with Crippen LogP contribution in [0.5, 0.6) is 17.2 Å². The first-order chi connectivity index (χ1) is 12.2. The SMILES string of the molecule is COc1ccc(OC)c(NC(=O)COc2ccc3ncccc3c2)c1. The summed E-state index contributed by atoms with van der Waals surface area (Å²) in [7, 11) is 3.10. The zero-order chi connectivity index (χ0) is 17.6. The number of pyridine rings is 1. The number of methoxy groups -OCH3 is 2. The molecule has 0 saturated heterocycles. The average molecular weight is 338 g/mol. The van der Waals surface area contributed by atoms with Gasteiger partial charge in [-0.25, -0.2) is 0 Å². The number of ether oxygens (including phenoxy) is 3. The van der Waals surface area contributed by atoms with Crippen LogP contribution in [0, 0.1) is 0 Å². The molecule has 1 amide bonds. The van der Waals surface area contributed by atoms with Gasteiger partial charge in [0.05, 0.1) is 25.4 Å². The summed E-state index contributed by atoms with van der Waals surface area (Å²) in [6, 6.07) is 14.5. The maximum atomic E-state index is 12.2. The Kier molecular flexibility index (Phi) is 4.99. The minimum absolute atomic E-state index is 0.119. The largest absolute Gasteiger partial charge is 0.497 e. The van der Waals surface area contributed by atoms with Gasteiger partial charge >= 0.3 is 0 Å². The molecule has 0 radical (unpaired) electrons. The molecule has 3 aromatic rings. The van der Waals surface area contributed by atoms with Gasteiger partial charge in [-0.05, 0) is 36.4 Å². The topological polar surface area (TPSA) is 69.7 Å². The standard InChI is InChI=1S/C19H18N2O4/c1-23-14-6-8-18(24-2)17(11-14)21-19(22)12-25-15-5-7-16-13(10-15)4-3-9-20-16/h3-11H,12H2,1-2H3,(H,21,22). The molecule has 3 rings (SSSR count). The molecule has 0 atom stereocenters. The molecule has 6 nitrogen and oxygen atoms in total. The molecule has 1 heterocycles. The molecule has 1 aromatic heterocycles. The van der Waals surface area contributed by atoms with Crippen molar-refractivity contribution in [3.8, 4) is 17.2 Å². The van der Waals surface area contributed by atoms with Crippen LogP contribution in [0.15, 0.2) is 54.7 Å². The molecule has 2 aromatic carbocycles. The minimum Gasteiger partial charge on any atom is -0.497 e. The Labute approximate surface area is 145 Å². The lowest BCUT2D eigenvalue weighted by molar-refractivity contribution is -0.118.